The Kier molecular flexibility index (Phi) is 5.85. The summed E-state index contributed by atoms with van der Waals surface area (Å²) in [6.07, 6.45) is 1.29. The highest BCUT2D eigenvalue weighted by molar-refractivity contribution is 5.05. The van der Waals surface area contributed by atoms with Gasteiger partial charge in [0.05, 0.1) is 12.7 Å². The number of nitrogens with zero attached hydrogens (tertiary/aromatic N) is 4. The van der Waals surface area contributed by atoms with Crippen LogP contribution in [0.15, 0.2) is 16.8 Å². The van der Waals surface area contributed by atoms with E-state index in [4.69, 9.17) is 18.7 Å². The van der Waals surface area contributed by atoms with Gasteiger partial charge in [0, 0.05) is 26.4 Å². The molecule has 0 spiro atoms. The number of aromatic nitrogens is 4. The van der Waals surface area contributed by atoms with Crippen LogP contribution in [0.2, 0.25) is 0 Å². The van der Waals surface area contributed by atoms with E-state index in [2.05, 4.69) is 15.5 Å². The number of methoxy groups -OCH3 is 1. The average molecular weight is 296 g/mol. The Morgan fingerprint density at radius 3 is 2.71 bits per heavy atom. The second kappa shape index (κ2) is 7.87. The van der Waals surface area contributed by atoms with Gasteiger partial charge >= 0.3 is 0 Å². The highest BCUT2D eigenvalue weighted by Gasteiger charge is 2.16. The average Bonchev–Trinajstić information content (AvgIpc) is 3.09. The van der Waals surface area contributed by atoms with E-state index >= 15 is 0 Å². The summed E-state index contributed by atoms with van der Waals surface area (Å²) in [5.74, 6) is 0.675. The van der Waals surface area contributed by atoms with Gasteiger partial charge in [-0.15, -0.1) is 5.10 Å². The first-order valence-corrected chi connectivity index (χ1v) is 6.83. The van der Waals surface area contributed by atoms with E-state index in [9.17, 15) is 0 Å². The Morgan fingerprint density at radius 1 is 1.29 bits per heavy atom. The highest BCUT2D eigenvalue weighted by Crippen LogP contribution is 2.16. The lowest BCUT2D eigenvalue weighted by Gasteiger charge is -2.13. The Morgan fingerprint density at radius 2 is 2.05 bits per heavy atom. The van der Waals surface area contributed by atoms with E-state index < -0.39 is 6.29 Å². The van der Waals surface area contributed by atoms with Crippen LogP contribution in [0.4, 0.5) is 0 Å². The quantitative estimate of drug-likeness (QED) is 0.649. The summed E-state index contributed by atoms with van der Waals surface area (Å²) in [4.78, 5) is 0. The van der Waals surface area contributed by atoms with Crippen molar-refractivity contribution in [3.05, 3.63) is 29.4 Å². The molecule has 0 saturated heterocycles. The largest absolute Gasteiger partial charge is 0.377 e. The SMILES string of the molecule is CCOC(OCC)c1cn(Cc2cc(COC)on2)nn1. The summed E-state index contributed by atoms with van der Waals surface area (Å²) in [5, 5.41) is 12.1. The summed E-state index contributed by atoms with van der Waals surface area (Å²) in [6.45, 7) is 5.76. The number of hydrogen-bond acceptors (Lipinski definition) is 7. The summed E-state index contributed by atoms with van der Waals surface area (Å²) >= 11 is 0. The molecule has 0 fully saturated rings. The maximum atomic E-state index is 5.48. The van der Waals surface area contributed by atoms with Crippen LogP contribution in [0.1, 0.15) is 37.3 Å². The number of hydrogen-bond donors (Lipinski definition) is 0. The van der Waals surface area contributed by atoms with Crippen molar-refractivity contribution < 1.29 is 18.7 Å². The second-order valence-electron chi connectivity index (χ2n) is 4.30. The zero-order valence-corrected chi connectivity index (χ0v) is 12.5. The normalized spacial score (nSPS) is 11.4. The molecule has 0 aliphatic carbocycles. The molecule has 0 atom stereocenters. The van der Waals surface area contributed by atoms with Crippen molar-refractivity contribution in [2.45, 2.75) is 33.3 Å². The van der Waals surface area contributed by atoms with Crippen LogP contribution in [-0.4, -0.2) is 40.5 Å². The van der Waals surface area contributed by atoms with E-state index in [0.29, 0.717) is 37.8 Å². The Labute approximate surface area is 123 Å². The van der Waals surface area contributed by atoms with Crippen molar-refractivity contribution in [3.8, 4) is 0 Å². The smallest absolute Gasteiger partial charge is 0.204 e. The lowest BCUT2D eigenvalue weighted by Crippen LogP contribution is -2.09. The number of rotatable bonds is 9. The zero-order valence-electron chi connectivity index (χ0n) is 12.5. The van der Waals surface area contributed by atoms with Gasteiger partial charge in [-0.3, -0.25) is 0 Å². The minimum Gasteiger partial charge on any atom is -0.377 e. The van der Waals surface area contributed by atoms with Crippen LogP contribution in [0.3, 0.4) is 0 Å². The van der Waals surface area contributed by atoms with Crippen LogP contribution in [0.25, 0.3) is 0 Å². The minimum atomic E-state index is -0.491. The maximum absolute atomic E-state index is 5.48. The molecule has 0 unspecified atom stereocenters. The van der Waals surface area contributed by atoms with Gasteiger partial charge in [0.2, 0.25) is 6.29 Å². The molecule has 0 N–H and O–H groups in total. The van der Waals surface area contributed by atoms with Crippen LogP contribution in [0.5, 0.6) is 0 Å². The molecule has 8 heteroatoms. The Hall–Kier alpha value is -1.77. The third kappa shape index (κ3) is 4.35. The Balaban J connectivity index is 2.00. The molecule has 0 saturated carbocycles. The van der Waals surface area contributed by atoms with Crippen molar-refractivity contribution in [1.82, 2.24) is 20.2 Å². The molecule has 0 aliphatic heterocycles. The molecule has 2 rings (SSSR count). The van der Waals surface area contributed by atoms with Gasteiger partial charge in [-0.25, -0.2) is 4.68 Å². The molecule has 0 amide bonds. The van der Waals surface area contributed by atoms with Crippen molar-refractivity contribution in [2.75, 3.05) is 20.3 Å². The molecule has 2 aromatic rings. The summed E-state index contributed by atoms with van der Waals surface area (Å²) in [6, 6.07) is 1.83. The molecule has 0 aromatic carbocycles. The van der Waals surface area contributed by atoms with E-state index in [1.807, 2.05) is 19.9 Å². The van der Waals surface area contributed by atoms with Gasteiger partial charge in [0.25, 0.3) is 0 Å². The summed E-state index contributed by atoms with van der Waals surface area (Å²) in [7, 11) is 1.60. The molecule has 0 radical (unpaired) electrons. The molecular formula is C13H20N4O4. The fraction of sp³-hybridized carbons (Fsp3) is 0.615. The number of ether oxygens (including phenoxy) is 3. The van der Waals surface area contributed by atoms with Gasteiger partial charge in [0.15, 0.2) is 5.76 Å². The monoisotopic (exact) mass is 296 g/mol. The molecule has 21 heavy (non-hydrogen) atoms. The fourth-order valence-corrected chi connectivity index (χ4v) is 1.83. The van der Waals surface area contributed by atoms with Crippen molar-refractivity contribution in [2.24, 2.45) is 0 Å². The van der Waals surface area contributed by atoms with Gasteiger partial charge in [-0.05, 0) is 13.8 Å². The molecular weight excluding hydrogens is 276 g/mol. The standard InChI is InChI=1S/C13H20N4O4/c1-4-19-13(20-5-2)12-8-17(16-14-12)7-10-6-11(9-18-3)21-15-10/h6,8,13H,4-5,7,9H2,1-3H3. The molecule has 0 bridgehead atoms. The topological polar surface area (TPSA) is 84.4 Å². The molecule has 8 nitrogen and oxygen atoms in total. The summed E-state index contributed by atoms with van der Waals surface area (Å²) in [5.41, 5.74) is 1.39. The van der Waals surface area contributed by atoms with Crippen molar-refractivity contribution in [1.29, 1.82) is 0 Å². The molecule has 2 aromatic heterocycles. The predicted molar refractivity (Wildman–Crippen MR) is 72.3 cm³/mol. The van der Waals surface area contributed by atoms with Crippen LogP contribution < -0.4 is 0 Å². The maximum Gasteiger partial charge on any atom is 0.204 e. The van der Waals surface area contributed by atoms with E-state index in [0.717, 1.165) is 5.69 Å². The molecule has 0 aliphatic rings. The van der Waals surface area contributed by atoms with Crippen molar-refractivity contribution >= 4 is 0 Å². The van der Waals surface area contributed by atoms with E-state index in [1.54, 1.807) is 18.0 Å². The van der Waals surface area contributed by atoms with Crippen molar-refractivity contribution in [3.63, 3.8) is 0 Å². The third-order valence-electron chi connectivity index (χ3n) is 2.65. The van der Waals surface area contributed by atoms with Gasteiger partial charge < -0.3 is 18.7 Å². The van der Waals surface area contributed by atoms with Gasteiger partial charge in [-0.2, -0.15) is 0 Å². The fourth-order valence-electron chi connectivity index (χ4n) is 1.83. The third-order valence-corrected chi connectivity index (χ3v) is 2.65. The van der Waals surface area contributed by atoms with Gasteiger partial charge in [0.1, 0.15) is 18.0 Å². The summed E-state index contributed by atoms with van der Waals surface area (Å²) < 4.78 is 22.7. The second-order valence-corrected chi connectivity index (χ2v) is 4.30. The first-order chi connectivity index (χ1) is 10.3. The molecule has 116 valence electrons. The predicted octanol–water partition coefficient (Wildman–Crippen LogP) is 1.53. The van der Waals surface area contributed by atoms with Crippen LogP contribution >= 0.6 is 0 Å². The highest BCUT2D eigenvalue weighted by atomic mass is 16.7. The first kappa shape index (κ1) is 15.6. The molecule has 2 heterocycles. The first-order valence-electron chi connectivity index (χ1n) is 6.83. The van der Waals surface area contributed by atoms with E-state index in [-0.39, 0.29) is 0 Å². The zero-order chi connectivity index (χ0) is 15.1. The van der Waals surface area contributed by atoms with Crippen LogP contribution in [-0.2, 0) is 27.4 Å². The Bertz CT molecular complexity index is 534. The van der Waals surface area contributed by atoms with E-state index in [1.165, 1.54) is 0 Å². The van der Waals surface area contributed by atoms with Crippen LogP contribution in [0, 0.1) is 0 Å². The van der Waals surface area contributed by atoms with Gasteiger partial charge in [-0.1, -0.05) is 10.4 Å². The lowest BCUT2D eigenvalue weighted by atomic mass is 10.3. The minimum absolute atomic E-state index is 0.395. The lowest BCUT2D eigenvalue weighted by molar-refractivity contribution is -0.142.